The van der Waals surface area contributed by atoms with Crippen molar-refractivity contribution in [1.82, 2.24) is 9.29 Å². The molecule has 10 heteroatoms. The normalized spacial score (nSPS) is 19.7. The number of hydrogen-bond acceptors (Lipinski definition) is 5. The Hall–Kier alpha value is -2.59. The molecule has 2 aliphatic rings. The van der Waals surface area contributed by atoms with Gasteiger partial charge in [-0.3, -0.25) is 4.98 Å². The first-order chi connectivity index (χ1) is 15.6. The predicted molar refractivity (Wildman–Crippen MR) is 122 cm³/mol. The first-order valence-corrected chi connectivity index (χ1v) is 12.3. The molecule has 33 heavy (non-hydrogen) atoms. The quantitative estimate of drug-likeness (QED) is 0.589. The molecule has 1 aliphatic carbocycles. The number of allylic oxidation sites excluding steroid dienone is 1. The molecule has 2 heterocycles. The lowest BCUT2D eigenvalue weighted by atomic mass is 9.99. The molecule has 1 unspecified atom stereocenters. The Balaban J connectivity index is 1.84. The van der Waals surface area contributed by atoms with Crippen molar-refractivity contribution < 1.29 is 21.6 Å². The zero-order chi connectivity index (χ0) is 23.8. The summed E-state index contributed by atoms with van der Waals surface area (Å²) in [6, 6.07) is 8.54. The van der Waals surface area contributed by atoms with Crippen molar-refractivity contribution in [2.45, 2.75) is 56.2 Å². The Morgan fingerprint density at radius 1 is 1.24 bits per heavy atom. The molecule has 0 bridgehead atoms. The fourth-order valence-electron chi connectivity index (χ4n) is 4.44. The van der Waals surface area contributed by atoms with Crippen LogP contribution in [0.1, 0.15) is 48.4 Å². The molecule has 0 spiro atoms. The average molecular weight is 481 g/mol. The van der Waals surface area contributed by atoms with Crippen molar-refractivity contribution in [3.05, 3.63) is 66.0 Å². The third-order valence-electron chi connectivity index (χ3n) is 6.21. The highest BCUT2D eigenvalue weighted by atomic mass is 32.2. The van der Waals surface area contributed by atoms with Crippen molar-refractivity contribution in [3.8, 4) is 0 Å². The Morgan fingerprint density at radius 2 is 2.00 bits per heavy atom. The molecule has 0 radical (unpaired) electrons. The number of halogens is 3. The summed E-state index contributed by atoms with van der Waals surface area (Å²) in [5.41, 5.74) is 4.05. The van der Waals surface area contributed by atoms with E-state index < -0.39 is 21.6 Å². The number of nitrogens with zero attached hydrogens (tertiary/aromatic N) is 3. The molecule has 4 rings (SSSR count). The van der Waals surface area contributed by atoms with Crippen LogP contribution in [0.4, 0.5) is 24.5 Å². The zero-order valence-electron chi connectivity index (χ0n) is 18.1. The van der Waals surface area contributed by atoms with E-state index in [-0.39, 0.29) is 19.0 Å². The van der Waals surface area contributed by atoms with Crippen LogP contribution in [0, 0.1) is 0 Å². The van der Waals surface area contributed by atoms with Gasteiger partial charge in [0.1, 0.15) is 0 Å². The maximum Gasteiger partial charge on any atom is 0.511 e. The second-order valence-electron chi connectivity index (χ2n) is 8.59. The van der Waals surface area contributed by atoms with Gasteiger partial charge < -0.3 is 10.6 Å². The van der Waals surface area contributed by atoms with Crippen molar-refractivity contribution in [1.29, 1.82) is 0 Å². The Labute approximate surface area is 192 Å². The molecule has 2 aromatic rings. The number of nitrogens with two attached hydrogens (primary N) is 1. The second kappa shape index (κ2) is 8.98. The summed E-state index contributed by atoms with van der Waals surface area (Å²) in [6.07, 6.45) is 6.14. The summed E-state index contributed by atoms with van der Waals surface area (Å²) in [7, 11) is -5.50. The van der Waals surface area contributed by atoms with E-state index in [9.17, 15) is 21.6 Å². The van der Waals surface area contributed by atoms with E-state index >= 15 is 0 Å². The highest BCUT2D eigenvalue weighted by molar-refractivity contribution is 7.89. The molecule has 1 aliphatic heterocycles. The zero-order valence-corrected chi connectivity index (χ0v) is 18.9. The minimum absolute atomic E-state index is 0.243. The topological polar surface area (TPSA) is 79.5 Å². The minimum atomic E-state index is -5.50. The number of benzene rings is 1. The maximum atomic E-state index is 13.6. The summed E-state index contributed by atoms with van der Waals surface area (Å²) in [5, 5.41) is 0. The van der Waals surface area contributed by atoms with Crippen LogP contribution in [0.25, 0.3) is 0 Å². The summed E-state index contributed by atoms with van der Waals surface area (Å²) >= 11 is 0. The van der Waals surface area contributed by atoms with Crippen molar-refractivity contribution in [3.63, 3.8) is 0 Å². The van der Waals surface area contributed by atoms with Crippen LogP contribution in [0.3, 0.4) is 0 Å². The van der Waals surface area contributed by atoms with Crippen molar-refractivity contribution in [2.75, 3.05) is 17.2 Å². The first kappa shape index (κ1) is 23.6. The van der Waals surface area contributed by atoms with E-state index in [2.05, 4.69) is 11.6 Å². The highest BCUT2D eigenvalue weighted by Crippen LogP contribution is 2.46. The largest absolute Gasteiger partial charge is 0.511 e. The Kier molecular flexibility index (Phi) is 6.41. The number of nitrogen functional groups attached to an aromatic ring is 1. The summed E-state index contributed by atoms with van der Waals surface area (Å²) in [6.45, 7) is 3.44. The van der Waals surface area contributed by atoms with Crippen LogP contribution in [-0.4, -0.2) is 35.8 Å². The molecule has 1 aromatic carbocycles. The van der Waals surface area contributed by atoms with Gasteiger partial charge in [0, 0.05) is 36.7 Å². The van der Waals surface area contributed by atoms with Crippen LogP contribution in [0.15, 0.2) is 49.2 Å². The predicted octanol–water partition coefficient (Wildman–Crippen LogP) is 4.55. The number of alkyl halides is 3. The minimum Gasteiger partial charge on any atom is -0.399 e. The van der Waals surface area contributed by atoms with E-state index in [1.54, 1.807) is 24.4 Å². The fraction of sp³-hybridized carbons (Fsp3) is 0.435. The molecule has 0 amide bonds. The number of rotatable bonds is 7. The summed E-state index contributed by atoms with van der Waals surface area (Å²) in [4.78, 5) is 6.36. The van der Waals surface area contributed by atoms with Gasteiger partial charge in [0.2, 0.25) is 0 Å². The Morgan fingerprint density at radius 3 is 2.64 bits per heavy atom. The number of hydrogen-bond donors (Lipinski definition) is 1. The van der Waals surface area contributed by atoms with Crippen molar-refractivity contribution in [2.24, 2.45) is 0 Å². The smallest absolute Gasteiger partial charge is 0.399 e. The van der Waals surface area contributed by atoms with E-state index in [1.165, 1.54) is 0 Å². The fourth-order valence-corrected chi connectivity index (χ4v) is 5.40. The first-order valence-electron chi connectivity index (χ1n) is 10.9. The van der Waals surface area contributed by atoms with E-state index in [4.69, 9.17) is 5.73 Å². The van der Waals surface area contributed by atoms with Gasteiger partial charge in [0.05, 0.1) is 12.2 Å². The molecule has 1 fully saturated rings. The van der Waals surface area contributed by atoms with E-state index in [0.29, 0.717) is 40.6 Å². The monoisotopic (exact) mass is 480 g/mol. The standard InChI is InChI=1S/C23H27F3N4O2S/c1-2-3-5-19-14-29(33(31,32)23(24,25)26)15-21-20(16-8-9-16)6-4-7-22(21)30(19)13-18-12-17(27)10-11-28-18/h2,4,6-7,10-12,16,19H,1,3,5,8-9,13-15H2,(H2,27,28). The van der Waals surface area contributed by atoms with E-state index in [1.807, 2.05) is 23.1 Å². The van der Waals surface area contributed by atoms with Crippen LogP contribution < -0.4 is 10.6 Å². The van der Waals surface area contributed by atoms with Gasteiger partial charge in [-0.2, -0.15) is 17.5 Å². The lowest BCUT2D eigenvalue weighted by Gasteiger charge is -2.34. The highest BCUT2D eigenvalue weighted by Gasteiger charge is 2.51. The molecule has 6 nitrogen and oxygen atoms in total. The molecule has 1 aromatic heterocycles. The van der Waals surface area contributed by atoms with Gasteiger partial charge in [-0.15, -0.1) is 6.58 Å². The number of sulfonamides is 1. The number of pyridine rings is 1. The molecule has 178 valence electrons. The van der Waals surface area contributed by atoms with Gasteiger partial charge in [-0.25, -0.2) is 8.42 Å². The van der Waals surface area contributed by atoms with Gasteiger partial charge in [-0.1, -0.05) is 18.2 Å². The van der Waals surface area contributed by atoms with Crippen LogP contribution in [-0.2, 0) is 23.1 Å². The average Bonchev–Trinajstić information content (AvgIpc) is 3.59. The SMILES string of the molecule is C=CCCC1CN(S(=O)(=O)C(F)(F)F)Cc2c(C3CC3)cccc2N1Cc1cc(N)ccn1. The molecular formula is C23H27F3N4O2S. The lowest BCUT2D eigenvalue weighted by molar-refractivity contribution is -0.0492. The van der Waals surface area contributed by atoms with Gasteiger partial charge in [-0.05, 0) is 60.9 Å². The molecule has 0 saturated heterocycles. The lowest BCUT2D eigenvalue weighted by Crippen LogP contribution is -2.46. The second-order valence-corrected chi connectivity index (χ2v) is 10.5. The Bertz CT molecular complexity index is 1130. The third kappa shape index (κ3) is 4.86. The van der Waals surface area contributed by atoms with Gasteiger partial charge >= 0.3 is 15.5 Å². The van der Waals surface area contributed by atoms with Gasteiger partial charge in [0.25, 0.3) is 0 Å². The number of aromatic nitrogens is 1. The molecule has 1 atom stereocenters. The van der Waals surface area contributed by atoms with E-state index in [0.717, 1.165) is 24.1 Å². The summed E-state index contributed by atoms with van der Waals surface area (Å²) in [5.74, 6) is 0.243. The van der Waals surface area contributed by atoms with Crippen LogP contribution in [0.2, 0.25) is 0 Å². The third-order valence-corrected chi connectivity index (χ3v) is 7.76. The number of fused-ring (bicyclic) bond motifs is 1. The van der Waals surface area contributed by atoms with Crippen LogP contribution >= 0.6 is 0 Å². The van der Waals surface area contributed by atoms with Gasteiger partial charge in [0.15, 0.2) is 0 Å². The van der Waals surface area contributed by atoms with Crippen LogP contribution in [0.5, 0.6) is 0 Å². The molecule has 1 saturated carbocycles. The number of anilines is 2. The van der Waals surface area contributed by atoms with Crippen molar-refractivity contribution >= 4 is 21.4 Å². The maximum absolute atomic E-state index is 13.6. The summed E-state index contributed by atoms with van der Waals surface area (Å²) < 4.78 is 66.4. The molecule has 2 N–H and O–H groups in total. The molecular weight excluding hydrogens is 453 g/mol.